The van der Waals surface area contributed by atoms with Crippen molar-refractivity contribution < 1.29 is 14.7 Å². The van der Waals surface area contributed by atoms with Crippen molar-refractivity contribution in [2.45, 2.75) is 13.3 Å². The fraction of sp³-hybridized carbons (Fsp3) is 0.600. The van der Waals surface area contributed by atoms with Gasteiger partial charge in [0.25, 0.3) is 0 Å². The number of nitrogens with zero attached hydrogens (tertiary/aromatic N) is 1. The first-order valence-corrected chi connectivity index (χ1v) is 2.67. The summed E-state index contributed by atoms with van der Waals surface area (Å²) in [5.74, 6) is 0. The van der Waals surface area contributed by atoms with Crippen molar-refractivity contribution in [3.05, 3.63) is 0 Å². The van der Waals surface area contributed by atoms with Gasteiger partial charge in [0.2, 0.25) is 6.41 Å². The summed E-state index contributed by atoms with van der Waals surface area (Å²) in [5, 5.41) is 8.20. The monoisotopic (exact) mass is 167 g/mol. The SMILES string of the molecule is CCCN(C=O)C(=O)O.Cl. The average molecular weight is 168 g/mol. The lowest BCUT2D eigenvalue weighted by atomic mass is 10.5. The van der Waals surface area contributed by atoms with Crippen LogP contribution in [0.1, 0.15) is 13.3 Å². The second kappa shape index (κ2) is 6.35. The molecule has 0 rings (SSSR count). The zero-order chi connectivity index (χ0) is 7.28. The Hall–Kier alpha value is -0.770. The minimum absolute atomic E-state index is 0. The smallest absolute Gasteiger partial charge is 0.413 e. The van der Waals surface area contributed by atoms with E-state index in [1.807, 2.05) is 0 Å². The fourth-order valence-electron chi connectivity index (χ4n) is 0.434. The third kappa shape index (κ3) is 4.14. The highest BCUT2D eigenvalue weighted by Crippen LogP contribution is 1.85. The molecule has 0 aromatic rings. The zero-order valence-corrected chi connectivity index (χ0v) is 6.43. The number of hydrogen-bond acceptors (Lipinski definition) is 2. The molecule has 0 atom stereocenters. The van der Waals surface area contributed by atoms with E-state index in [2.05, 4.69) is 0 Å². The van der Waals surface area contributed by atoms with E-state index in [0.29, 0.717) is 17.7 Å². The highest BCUT2D eigenvalue weighted by Gasteiger charge is 2.06. The van der Waals surface area contributed by atoms with Crippen molar-refractivity contribution in [3.63, 3.8) is 0 Å². The molecule has 0 spiro atoms. The van der Waals surface area contributed by atoms with Gasteiger partial charge in [0.15, 0.2) is 0 Å². The molecule has 0 aromatic heterocycles. The van der Waals surface area contributed by atoms with E-state index in [4.69, 9.17) is 5.11 Å². The standard InChI is InChI=1S/C5H9NO3.ClH/c1-2-3-6(4-7)5(8)9;/h4H,2-3H2,1H3,(H,8,9);1H. The minimum Gasteiger partial charge on any atom is -0.465 e. The molecule has 5 heteroatoms. The molecule has 1 N–H and O–H groups in total. The quantitative estimate of drug-likeness (QED) is 0.637. The van der Waals surface area contributed by atoms with Crippen molar-refractivity contribution in [3.8, 4) is 0 Å². The molecule has 10 heavy (non-hydrogen) atoms. The molecular weight excluding hydrogens is 158 g/mol. The Bertz CT molecular complexity index is 117. The van der Waals surface area contributed by atoms with Gasteiger partial charge in [-0.1, -0.05) is 6.92 Å². The third-order valence-corrected chi connectivity index (χ3v) is 0.837. The number of rotatable bonds is 3. The first-order chi connectivity index (χ1) is 4.22. The van der Waals surface area contributed by atoms with Crippen LogP contribution >= 0.6 is 12.4 Å². The highest BCUT2D eigenvalue weighted by atomic mass is 35.5. The molecule has 60 valence electrons. The molecule has 0 fully saturated rings. The minimum atomic E-state index is -1.19. The molecule has 0 bridgehead atoms. The molecule has 0 heterocycles. The van der Waals surface area contributed by atoms with E-state index in [0.717, 1.165) is 0 Å². The summed E-state index contributed by atoms with van der Waals surface area (Å²) in [6.45, 7) is 2.08. The molecular formula is C5H10ClNO3. The number of amides is 2. The second-order valence-corrected chi connectivity index (χ2v) is 1.58. The topological polar surface area (TPSA) is 57.6 Å². The van der Waals surface area contributed by atoms with Crippen molar-refractivity contribution in [1.82, 2.24) is 4.90 Å². The first kappa shape index (κ1) is 12.0. The number of imide groups is 1. The molecule has 0 saturated heterocycles. The lowest BCUT2D eigenvalue weighted by molar-refractivity contribution is -0.116. The van der Waals surface area contributed by atoms with Gasteiger partial charge < -0.3 is 5.11 Å². The predicted molar refractivity (Wildman–Crippen MR) is 38.3 cm³/mol. The van der Waals surface area contributed by atoms with Gasteiger partial charge in [-0.15, -0.1) is 12.4 Å². The normalized spacial score (nSPS) is 7.70. The summed E-state index contributed by atoms with van der Waals surface area (Å²) in [5.41, 5.74) is 0. The summed E-state index contributed by atoms with van der Waals surface area (Å²) in [6, 6.07) is 0. The van der Waals surface area contributed by atoms with Crippen LogP contribution in [0.3, 0.4) is 0 Å². The molecule has 0 saturated carbocycles. The van der Waals surface area contributed by atoms with Crippen LogP contribution in [-0.4, -0.2) is 29.1 Å². The van der Waals surface area contributed by atoms with Crippen molar-refractivity contribution in [1.29, 1.82) is 0 Å². The van der Waals surface area contributed by atoms with Crippen LogP contribution in [0.2, 0.25) is 0 Å². The van der Waals surface area contributed by atoms with Gasteiger partial charge in [0.1, 0.15) is 0 Å². The van der Waals surface area contributed by atoms with Crippen LogP contribution < -0.4 is 0 Å². The summed E-state index contributed by atoms with van der Waals surface area (Å²) in [7, 11) is 0. The van der Waals surface area contributed by atoms with E-state index in [9.17, 15) is 9.59 Å². The Morgan fingerprint density at radius 2 is 2.20 bits per heavy atom. The van der Waals surface area contributed by atoms with Gasteiger partial charge in [-0.05, 0) is 6.42 Å². The molecule has 0 radical (unpaired) electrons. The Kier molecular flexibility index (Phi) is 7.60. The van der Waals surface area contributed by atoms with Crippen LogP contribution in [0.25, 0.3) is 0 Å². The molecule has 2 amide bonds. The van der Waals surface area contributed by atoms with E-state index in [-0.39, 0.29) is 19.0 Å². The Morgan fingerprint density at radius 3 is 2.30 bits per heavy atom. The van der Waals surface area contributed by atoms with Gasteiger partial charge in [0.05, 0.1) is 0 Å². The molecule has 0 aliphatic heterocycles. The maximum Gasteiger partial charge on any atom is 0.413 e. The molecule has 4 nitrogen and oxygen atoms in total. The number of halogens is 1. The second-order valence-electron chi connectivity index (χ2n) is 1.58. The van der Waals surface area contributed by atoms with E-state index in [1.165, 1.54) is 0 Å². The van der Waals surface area contributed by atoms with Crippen LogP contribution in [0.5, 0.6) is 0 Å². The van der Waals surface area contributed by atoms with Crippen LogP contribution in [0.15, 0.2) is 0 Å². The van der Waals surface area contributed by atoms with E-state index >= 15 is 0 Å². The van der Waals surface area contributed by atoms with Gasteiger partial charge in [-0.2, -0.15) is 0 Å². The Balaban J connectivity index is 0. The van der Waals surface area contributed by atoms with E-state index < -0.39 is 6.09 Å². The Labute approximate surface area is 65.2 Å². The zero-order valence-electron chi connectivity index (χ0n) is 5.61. The largest absolute Gasteiger partial charge is 0.465 e. The van der Waals surface area contributed by atoms with Crippen LogP contribution in [-0.2, 0) is 4.79 Å². The summed E-state index contributed by atoms with van der Waals surface area (Å²) in [4.78, 5) is 20.6. The molecule has 0 aromatic carbocycles. The van der Waals surface area contributed by atoms with Gasteiger partial charge in [0, 0.05) is 6.54 Å². The van der Waals surface area contributed by atoms with Crippen LogP contribution in [0.4, 0.5) is 4.79 Å². The van der Waals surface area contributed by atoms with Gasteiger partial charge in [-0.3, -0.25) is 9.69 Å². The van der Waals surface area contributed by atoms with Gasteiger partial charge in [-0.25, -0.2) is 4.79 Å². The Morgan fingerprint density at radius 1 is 1.70 bits per heavy atom. The predicted octanol–water partition coefficient (Wildman–Crippen LogP) is 0.955. The van der Waals surface area contributed by atoms with Crippen LogP contribution in [0, 0.1) is 0 Å². The summed E-state index contributed by atoms with van der Waals surface area (Å²) < 4.78 is 0. The summed E-state index contributed by atoms with van der Waals surface area (Å²) in [6.07, 6.45) is -0.219. The molecule has 0 unspecified atom stereocenters. The number of carbonyl (C=O) groups excluding carboxylic acids is 1. The number of carbonyl (C=O) groups is 2. The molecule has 0 aliphatic rings. The van der Waals surface area contributed by atoms with Crippen molar-refractivity contribution in [2.75, 3.05) is 6.54 Å². The molecule has 0 aliphatic carbocycles. The average Bonchev–Trinajstić information content (AvgIpc) is 1.82. The maximum atomic E-state index is 10.0. The van der Waals surface area contributed by atoms with Gasteiger partial charge >= 0.3 is 6.09 Å². The lowest BCUT2D eigenvalue weighted by Gasteiger charge is -2.07. The van der Waals surface area contributed by atoms with E-state index in [1.54, 1.807) is 6.92 Å². The van der Waals surface area contributed by atoms with Crippen molar-refractivity contribution >= 4 is 24.9 Å². The lowest BCUT2D eigenvalue weighted by Crippen LogP contribution is -2.28. The summed E-state index contributed by atoms with van der Waals surface area (Å²) >= 11 is 0. The first-order valence-electron chi connectivity index (χ1n) is 2.67. The third-order valence-electron chi connectivity index (χ3n) is 0.837. The maximum absolute atomic E-state index is 10.0. The number of carboxylic acid groups (broad SMARTS) is 1. The van der Waals surface area contributed by atoms with Crippen molar-refractivity contribution in [2.24, 2.45) is 0 Å². The fourth-order valence-corrected chi connectivity index (χ4v) is 0.434. The number of hydrogen-bond donors (Lipinski definition) is 1. The highest BCUT2D eigenvalue weighted by molar-refractivity contribution is 5.85.